The molecule has 1 aliphatic rings. The van der Waals surface area contributed by atoms with Crippen LogP contribution in [0.4, 0.5) is 5.69 Å². The van der Waals surface area contributed by atoms with Crippen molar-refractivity contribution in [1.29, 1.82) is 0 Å². The standard InChI is InChI=1S/C25H27N3O6S/c1-2-33-23-9-8-21(16-24(23)35(30,31)28-11-13-32-14-12-28)27-25(29)20-6-3-7-22(15-20)34-18-19-5-4-10-26-17-19/h3-10,15-17H,2,11-14,18H2,1H3,(H,27,29). The van der Waals surface area contributed by atoms with E-state index in [0.717, 1.165) is 5.56 Å². The number of anilines is 1. The number of sulfonamides is 1. The number of pyridine rings is 1. The van der Waals surface area contributed by atoms with E-state index in [1.807, 2.05) is 12.1 Å². The van der Waals surface area contributed by atoms with Gasteiger partial charge in [-0.25, -0.2) is 8.42 Å². The Balaban J connectivity index is 1.51. The summed E-state index contributed by atoms with van der Waals surface area (Å²) in [5.41, 5.74) is 1.62. The zero-order valence-electron chi connectivity index (χ0n) is 19.3. The summed E-state index contributed by atoms with van der Waals surface area (Å²) >= 11 is 0. The molecule has 1 N–H and O–H groups in total. The molecule has 0 saturated carbocycles. The van der Waals surface area contributed by atoms with E-state index in [2.05, 4.69) is 10.3 Å². The quantitative estimate of drug-likeness (QED) is 0.483. The molecule has 0 bridgehead atoms. The average Bonchev–Trinajstić information content (AvgIpc) is 2.89. The zero-order valence-corrected chi connectivity index (χ0v) is 20.2. The van der Waals surface area contributed by atoms with Crippen LogP contribution >= 0.6 is 0 Å². The molecule has 1 fully saturated rings. The first kappa shape index (κ1) is 24.6. The van der Waals surface area contributed by atoms with Gasteiger partial charge in [0.1, 0.15) is 23.0 Å². The van der Waals surface area contributed by atoms with Gasteiger partial charge in [-0.2, -0.15) is 4.31 Å². The molecule has 4 rings (SSSR count). The Bertz CT molecular complexity index is 1260. The van der Waals surface area contributed by atoms with E-state index in [9.17, 15) is 13.2 Å². The number of ether oxygens (including phenoxy) is 3. The number of hydrogen-bond acceptors (Lipinski definition) is 7. The van der Waals surface area contributed by atoms with Crippen LogP contribution < -0.4 is 14.8 Å². The maximum atomic E-state index is 13.3. The van der Waals surface area contributed by atoms with Crippen molar-refractivity contribution in [3.05, 3.63) is 78.1 Å². The van der Waals surface area contributed by atoms with Gasteiger partial charge in [0.2, 0.25) is 10.0 Å². The molecule has 1 aromatic heterocycles. The number of hydrogen-bond donors (Lipinski definition) is 1. The van der Waals surface area contributed by atoms with Crippen molar-refractivity contribution >= 4 is 21.6 Å². The molecule has 3 aromatic rings. The highest BCUT2D eigenvalue weighted by Crippen LogP contribution is 2.31. The minimum absolute atomic E-state index is 0.00704. The van der Waals surface area contributed by atoms with Crippen LogP contribution in [-0.2, 0) is 21.4 Å². The molecule has 10 heteroatoms. The lowest BCUT2D eigenvalue weighted by atomic mass is 10.2. The van der Waals surface area contributed by atoms with Gasteiger partial charge in [-0.3, -0.25) is 9.78 Å². The van der Waals surface area contributed by atoms with Gasteiger partial charge in [0.05, 0.1) is 19.8 Å². The Morgan fingerprint density at radius 2 is 1.91 bits per heavy atom. The molecule has 184 valence electrons. The van der Waals surface area contributed by atoms with Crippen LogP contribution in [0.3, 0.4) is 0 Å². The monoisotopic (exact) mass is 497 g/mol. The van der Waals surface area contributed by atoms with Crippen LogP contribution in [0.1, 0.15) is 22.8 Å². The maximum absolute atomic E-state index is 13.3. The molecule has 2 heterocycles. The Labute approximate surface area is 204 Å². The minimum atomic E-state index is -3.83. The topological polar surface area (TPSA) is 107 Å². The van der Waals surface area contributed by atoms with E-state index < -0.39 is 15.9 Å². The van der Waals surface area contributed by atoms with Crippen LogP contribution in [0.2, 0.25) is 0 Å². The van der Waals surface area contributed by atoms with Crippen molar-refractivity contribution in [2.45, 2.75) is 18.4 Å². The highest BCUT2D eigenvalue weighted by molar-refractivity contribution is 7.89. The Kier molecular flexibility index (Phi) is 7.96. The van der Waals surface area contributed by atoms with Crippen LogP contribution in [0.15, 0.2) is 71.9 Å². The van der Waals surface area contributed by atoms with Crippen LogP contribution in [0.25, 0.3) is 0 Å². The Morgan fingerprint density at radius 3 is 2.66 bits per heavy atom. The Hall–Kier alpha value is -3.47. The number of nitrogens with zero attached hydrogens (tertiary/aromatic N) is 2. The number of rotatable bonds is 9. The maximum Gasteiger partial charge on any atom is 0.255 e. The summed E-state index contributed by atoms with van der Waals surface area (Å²) in [5, 5.41) is 2.78. The molecule has 0 atom stereocenters. The first-order valence-electron chi connectivity index (χ1n) is 11.3. The van der Waals surface area contributed by atoms with E-state index in [1.165, 1.54) is 10.4 Å². The lowest BCUT2D eigenvalue weighted by Gasteiger charge is -2.27. The Morgan fingerprint density at radius 1 is 1.09 bits per heavy atom. The summed E-state index contributed by atoms with van der Waals surface area (Å²) in [6.07, 6.45) is 3.40. The molecular formula is C25H27N3O6S. The van der Waals surface area contributed by atoms with Crippen molar-refractivity contribution < 1.29 is 27.4 Å². The van der Waals surface area contributed by atoms with Gasteiger partial charge in [-0.15, -0.1) is 0 Å². The van der Waals surface area contributed by atoms with Crippen molar-refractivity contribution in [1.82, 2.24) is 9.29 Å². The predicted octanol–water partition coefficient (Wildman–Crippen LogP) is 3.33. The van der Waals surface area contributed by atoms with E-state index in [1.54, 1.807) is 55.7 Å². The van der Waals surface area contributed by atoms with Crippen LogP contribution in [-0.4, -0.2) is 56.5 Å². The summed E-state index contributed by atoms with van der Waals surface area (Å²) in [5.74, 6) is 0.377. The first-order valence-corrected chi connectivity index (χ1v) is 12.7. The fraction of sp³-hybridized carbons (Fsp3) is 0.280. The van der Waals surface area contributed by atoms with Crippen molar-refractivity contribution in [3.63, 3.8) is 0 Å². The number of nitrogens with one attached hydrogen (secondary N) is 1. The van der Waals surface area contributed by atoms with Crippen molar-refractivity contribution in [2.75, 3.05) is 38.2 Å². The SMILES string of the molecule is CCOc1ccc(NC(=O)c2cccc(OCc3cccnc3)c2)cc1S(=O)(=O)N1CCOCC1. The lowest BCUT2D eigenvalue weighted by Crippen LogP contribution is -2.40. The predicted molar refractivity (Wildman–Crippen MR) is 130 cm³/mol. The molecule has 0 aliphatic carbocycles. The van der Waals surface area contributed by atoms with E-state index >= 15 is 0 Å². The summed E-state index contributed by atoms with van der Waals surface area (Å²) in [6.45, 7) is 3.60. The third-order valence-electron chi connectivity index (χ3n) is 5.31. The summed E-state index contributed by atoms with van der Waals surface area (Å²) < 4.78 is 44.5. The summed E-state index contributed by atoms with van der Waals surface area (Å²) in [6, 6.07) is 15.1. The minimum Gasteiger partial charge on any atom is -0.492 e. The molecule has 1 saturated heterocycles. The second-order valence-corrected chi connectivity index (χ2v) is 9.65. The van der Waals surface area contributed by atoms with Gasteiger partial charge < -0.3 is 19.5 Å². The number of aromatic nitrogens is 1. The number of morpholine rings is 1. The lowest BCUT2D eigenvalue weighted by molar-refractivity contribution is 0.0729. The van der Waals surface area contributed by atoms with Gasteiger partial charge in [-0.05, 0) is 49.4 Å². The van der Waals surface area contributed by atoms with E-state index in [4.69, 9.17) is 14.2 Å². The van der Waals surface area contributed by atoms with Crippen molar-refractivity contribution in [3.8, 4) is 11.5 Å². The molecular weight excluding hydrogens is 470 g/mol. The molecule has 9 nitrogen and oxygen atoms in total. The van der Waals surface area contributed by atoms with Gasteiger partial charge in [0.25, 0.3) is 5.91 Å². The highest BCUT2D eigenvalue weighted by atomic mass is 32.2. The number of amides is 1. The molecule has 2 aromatic carbocycles. The molecule has 35 heavy (non-hydrogen) atoms. The van der Waals surface area contributed by atoms with E-state index in [0.29, 0.717) is 43.4 Å². The second-order valence-electron chi connectivity index (χ2n) is 7.74. The molecule has 0 radical (unpaired) electrons. The summed E-state index contributed by atoms with van der Waals surface area (Å²) in [7, 11) is -3.83. The summed E-state index contributed by atoms with van der Waals surface area (Å²) in [4.78, 5) is 17.0. The number of benzene rings is 2. The van der Waals surface area contributed by atoms with Gasteiger partial charge >= 0.3 is 0 Å². The van der Waals surface area contributed by atoms with Crippen LogP contribution in [0.5, 0.6) is 11.5 Å². The largest absolute Gasteiger partial charge is 0.492 e. The highest BCUT2D eigenvalue weighted by Gasteiger charge is 2.30. The van der Waals surface area contributed by atoms with Gasteiger partial charge in [0.15, 0.2) is 0 Å². The molecule has 1 amide bonds. The number of carbonyl (C=O) groups is 1. The fourth-order valence-corrected chi connectivity index (χ4v) is 5.13. The second kappa shape index (κ2) is 11.3. The van der Waals surface area contributed by atoms with E-state index in [-0.39, 0.29) is 23.7 Å². The first-order chi connectivity index (χ1) is 17.0. The third kappa shape index (κ3) is 6.16. The molecule has 0 unspecified atom stereocenters. The number of carbonyl (C=O) groups excluding carboxylic acids is 1. The zero-order chi connectivity index (χ0) is 24.7. The molecule has 0 spiro atoms. The average molecular weight is 498 g/mol. The molecule has 1 aliphatic heterocycles. The third-order valence-corrected chi connectivity index (χ3v) is 7.23. The normalized spacial score (nSPS) is 14.3. The van der Waals surface area contributed by atoms with Gasteiger partial charge in [-0.1, -0.05) is 12.1 Å². The fourth-order valence-electron chi connectivity index (χ4n) is 3.57. The van der Waals surface area contributed by atoms with Gasteiger partial charge in [0, 0.05) is 42.3 Å². The van der Waals surface area contributed by atoms with Crippen LogP contribution in [0, 0.1) is 0 Å². The smallest absolute Gasteiger partial charge is 0.255 e. The van der Waals surface area contributed by atoms with Crippen molar-refractivity contribution in [2.24, 2.45) is 0 Å².